The van der Waals surface area contributed by atoms with Crippen molar-refractivity contribution in [3.63, 3.8) is 0 Å². The summed E-state index contributed by atoms with van der Waals surface area (Å²) in [5.41, 5.74) is 1.63. The number of piperidine rings is 1. The Bertz CT molecular complexity index is 920. The van der Waals surface area contributed by atoms with Crippen molar-refractivity contribution in [3.05, 3.63) is 58.6 Å². The minimum absolute atomic E-state index is 0.0251. The van der Waals surface area contributed by atoms with Crippen LogP contribution in [-0.4, -0.2) is 44.6 Å². The molecule has 0 atom stereocenters. The molecule has 5 nitrogen and oxygen atoms in total. The molecule has 0 radical (unpaired) electrons. The quantitative estimate of drug-likeness (QED) is 0.769. The van der Waals surface area contributed by atoms with Crippen molar-refractivity contribution in [1.82, 2.24) is 4.31 Å². The lowest BCUT2D eigenvalue weighted by Gasteiger charge is -2.40. The van der Waals surface area contributed by atoms with Crippen LogP contribution in [0.2, 0.25) is 5.02 Å². The SMILES string of the molecule is COc1ccc(C)cc1S(=O)(=O)N1CCC(CO)(Cc2ccc(Cl)cc2)CC1. The first kappa shape index (κ1) is 21.1. The maximum Gasteiger partial charge on any atom is 0.246 e. The number of rotatable bonds is 6. The van der Waals surface area contributed by atoms with Crippen molar-refractivity contribution in [2.45, 2.75) is 31.1 Å². The second kappa shape index (κ2) is 8.41. The highest BCUT2D eigenvalue weighted by Gasteiger charge is 2.39. The van der Waals surface area contributed by atoms with Crippen molar-refractivity contribution in [2.24, 2.45) is 5.41 Å². The van der Waals surface area contributed by atoms with Crippen molar-refractivity contribution < 1.29 is 18.3 Å². The molecule has 0 aliphatic carbocycles. The van der Waals surface area contributed by atoms with Crippen LogP contribution in [0.4, 0.5) is 0 Å². The second-order valence-electron chi connectivity index (χ2n) is 7.52. The number of benzene rings is 2. The van der Waals surface area contributed by atoms with Crippen LogP contribution in [0.25, 0.3) is 0 Å². The van der Waals surface area contributed by atoms with Crippen LogP contribution in [0.1, 0.15) is 24.0 Å². The zero-order valence-electron chi connectivity index (χ0n) is 16.2. The van der Waals surface area contributed by atoms with Gasteiger partial charge in [0.1, 0.15) is 10.6 Å². The van der Waals surface area contributed by atoms with E-state index in [1.807, 2.05) is 37.3 Å². The molecule has 1 saturated heterocycles. The summed E-state index contributed by atoms with van der Waals surface area (Å²) in [7, 11) is -2.18. The molecule has 1 fully saturated rings. The lowest BCUT2D eigenvalue weighted by Crippen LogP contribution is -2.45. The molecule has 0 saturated carbocycles. The Morgan fingerprint density at radius 3 is 2.36 bits per heavy atom. The number of ether oxygens (including phenoxy) is 1. The average Bonchev–Trinajstić information content (AvgIpc) is 2.70. The predicted molar refractivity (Wildman–Crippen MR) is 110 cm³/mol. The Labute approximate surface area is 171 Å². The van der Waals surface area contributed by atoms with Crippen LogP contribution >= 0.6 is 11.6 Å². The van der Waals surface area contributed by atoms with Gasteiger partial charge in [0, 0.05) is 24.7 Å². The first-order valence-electron chi connectivity index (χ1n) is 9.30. The Balaban J connectivity index is 1.78. The molecule has 1 aliphatic rings. The third kappa shape index (κ3) is 4.35. The fraction of sp³-hybridized carbons (Fsp3) is 0.429. The van der Waals surface area contributed by atoms with Gasteiger partial charge >= 0.3 is 0 Å². The molecule has 28 heavy (non-hydrogen) atoms. The monoisotopic (exact) mass is 423 g/mol. The van der Waals surface area contributed by atoms with E-state index in [0.717, 1.165) is 11.1 Å². The molecule has 0 spiro atoms. The van der Waals surface area contributed by atoms with Gasteiger partial charge in [0.05, 0.1) is 7.11 Å². The standard InChI is InChI=1S/C21H26ClNO4S/c1-16-3-8-19(27-2)20(13-16)28(25,26)23-11-9-21(15-24,10-12-23)14-17-4-6-18(22)7-5-17/h3-8,13,24H,9-12,14-15H2,1-2H3. The van der Waals surface area contributed by atoms with Crippen molar-refractivity contribution in [2.75, 3.05) is 26.8 Å². The topological polar surface area (TPSA) is 66.8 Å². The number of hydrogen-bond acceptors (Lipinski definition) is 4. The normalized spacial score (nSPS) is 17.4. The Morgan fingerprint density at radius 1 is 1.14 bits per heavy atom. The molecule has 2 aromatic carbocycles. The van der Waals surface area contributed by atoms with E-state index in [1.165, 1.54) is 11.4 Å². The van der Waals surface area contributed by atoms with Gasteiger partial charge in [-0.05, 0) is 67.0 Å². The van der Waals surface area contributed by atoms with E-state index >= 15 is 0 Å². The predicted octanol–water partition coefficient (Wildman–Crippen LogP) is 3.66. The number of nitrogens with zero attached hydrogens (tertiary/aromatic N) is 1. The molecule has 152 valence electrons. The number of sulfonamides is 1. The van der Waals surface area contributed by atoms with Crippen LogP contribution < -0.4 is 4.74 Å². The van der Waals surface area contributed by atoms with Crippen molar-refractivity contribution in [3.8, 4) is 5.75 Å². The summed E-state index contributed by atoms with van der Waals surface area (Å²) in [5, 5.41) is 10.7. The number of halogens is 1. The van der Waals surface area contributed by atoms with Gasteiger partial charge in [-0.1, -0.05) is 29.8 Å². The van der Waals surface area contributed by atoms with Crippen LogP contribution in [0.15, 0.2) is 47.4 Å². The second-order valence-corrected chi connectivity index (χ2v) is 9.86. The highest BCUT2D eigenvalue weighted by Crippen LogP contribution is 2.38. The first-order valence-corrected chi connectivity index (χ1v) is 11.1. The number of aryl methyl sites for hydroxylation is 1. The average molecular weight is 424 g/mol. The Morgan fingerprint density at radius 2 is 1.79 bits per heavy atom. The smallest absolute Gasteiger partial charge is 0.246 e. The molecular weight excluding hydrogens is 398 g/mol. The molecule has 0 bridgehead atoms. The Hall–Kier alpha value is -1.60. The summed E-state index contributed by atoms with van der Waals surface area (Å²) in [6.07, 6.45) is 1.89. The van der Waals surface area contributed by atoms with E-state index in [-0.39, 0.29) is 16.9 Å². The molecule has 2 aromatic rings. The molecule has 1 aliphatic heterocycles. The van der Waals surface area contributed by atoms with Crippen LogP contribution in [0.5, 0.6) is 5.75 Å². The summed E-state index contributed by atoms with van der Waals surface area (Å²) < 4.78 is 33.1. The maximum absolute atomic E-state index is 13.2. The molecule has 1 N–H and O–H groups in total. The van der Waals surface area contributed by atoms with Gasteiger partial charge in [0.25, 0.3) is 0 Å². The summed E-state index contributed by atoms with van der Waals surface area (Å²) in [6, 6.07) is 12.8. The summed E-state index contributed by atoms with van der Waals surface area (Å²) in [5.74, 6) is 0.353. The highest BCUT2D eigenvalue weighted by molar-refractivity contribution is 7.89. The van der Waals surface area contributed by atoms with E-state index in [0.29, 0.717) is 43.1 Å². The van der Waals surface area contributed by atoms with Crippen LogP contribution in [0.3, 0.4) is 0 Å². The van der Waals surface area contributed by atoms with E-state index in [1.54, 1.807) is 12.1 Å². The largest absolute Gasteiger partial charge is 0.495 e. The number of aliphatic hydroxyl groups is 1. The molecule has 1 heterocycles. The maximum atomic E-state index is 13.2. The first-order chi connectivity index (χ1) is 13.3. The number of hydrogen-bond donors (Lipinski definition) is 1. The summed E-state index contributed by atoms with van der Waals surface area (Å²) in [4.78, 5) is 0.198. The third-order valence-electron chi connectivity index (χ3n) is 5.55. The van der Waals surface area contributed by atoms with E-state index in [2.05, 4.69) is 0 Å². The lowest BCUT2D eigenvalue weighted by atomic mass is 9.75. The van der Waals surface area contributed by atoms with Crippen LogP contribution in [0, 0.1) is 12.3 Å². The minimum Gasteiger partial charge on any atom is -0.495 e. The van der Waals surface area contributed by atoms with E-state index < -0.39 is 10.0 Å². The number of methoxy groups -OCH3 is 1. The minimum atomic E-state index is -3.65. The zero-order chi connectivity index (χ0) is 20.4. The highest BCUT2D eigenvalue weighted by atomic mass is 35.5. The van der Waals surface area contributed by atoms with Gasteiger partial charge < -0.3 is 9.84 Å². The molecule has 7 heteroatoms. The van der Waals surface area contributed by atoms with Gasteiger partial charge in [0.15, 0.2) is 0 Å². The van der Waals surface area contributed by atoms with Crippen LogP contribution in [-0.2, 0) is 16.4 Å². The van der Waals surface area contributed by atoms with Gasteiger partial charge in [-0.15, -0.1) is 0 Å². The molecule has 0 amide bonds. The summed E-state index contributed by atoms with van der Waals surface area (Å²) >= 11 is 5.95. The van der Waals surface area contributed by atoms with Gasteiger partial charge in [-0.3, -0.25) is 0 Å². The van der Waals surface area contributed by atoms with Gasteiger partial charge in [-0.2, -0.15) is 4.31 Å². The molecule has 0 aromatic heterocycles. The molecule has 0 unspecified atom stereocenters. The molecule has 3 rings (SSSR count). The fourth-order valence-corrected chi connectivity index (χ4v) is 5.56. The van der Waals surface area contributed by atoms with Crippen molar-refractivity contribution in [1.29, 1.82) is 0 Å². The third-order valence-corrected chi connectivity index (χ3v) is 7.72. The number of aliphatic hydroxyl groups excluding tert-OH is 1. The Kier molecular flexibility index (Phi) is 6.34. The fourth-order valence-electron chi connectivity index (χ4n) is 3.75. The van der Waals surface area contributed by atoms with E-state index in [9.17, 15) is 13.5 Å². The zero-order valence-corrected chi connectivity index (χ0v) is 17.8. The molecular formula is C21H26ClNO4S. The van der Waals surface area contributed by atoms with Crippen molar-refractivity contribution >= 4 is 21.6 Å². The summed E-state index contributed by atoms with van der Waals surface area (Å²) in [6.45, 7) is 2.62. The van der Waals surface area contributed by atoms with Gasteiger partial charge in [0.2, 0.25) is 10.0 Å². The van der Waals surface area contributed by atoms with Gasteiger partial charge in [-0.25, -0.2) is 8.42 Å². The van der Waals surface area contributed by atoms with E-state index in [4.69, 9.17) is 16.3 Å². The lowest BCUT2D eigenvalue weighted by molar-refractivity contribution is 0.0684.